The van der Waals surface area contributed by atoms with Crippen LogP contribution in [0.15, 0.2) is 29.6 Å². The van der Waals surface area contributed by atoms with E-state index in [2.05, 4.69) is 34.7 Å². The van der Waals surface area contributed by atoms with Gasteiger partial charge in [0.15, 0.2) is 5.13 Å². The Labute approximate surface area is 147 Å². The normalized spacial score (nSPS) is 15.8. The van der Waals surface area contributed by atoms with Crippen molar-refractivity contribution in [2.75, 3.05) is 30.4 Å². The average Bonchev–Trinajstić information content (AvgIpc) is 3.22. The molecule has 1 N–H and O–H groups in total. The molecule has 0 unspecified atom stereocenters. The van der Waals surface area contributed by atoms with Crippen molar-refractivity contribution in [1.29, 1.82) is 0 Å². The monoisotopic (exact) mass is 344 g/mol. The highest BCUT2D eigenvalue weighted by molar-refractivity contribution is 7.13. The first kappa shape index (κ1) is 16.9. The smallest absolute Gasteiger partial charge is 0.227 e. The third kappa shape index (κ3) is 3.76. The van der Waals surface area contributed by atoms with E-state index in [-0.39, 0.29) is 11.9 Å². The summed E-state index contributed by atoms with van der Waals surface area (Å²) in [5.41, 5.74) is 3.28. The number of hydrogen-bond acceptors (Lipinski definition) is 5. The van der Waals surface area contributed by atoms with Crippen molar-refractivity contribution >= 4 is 28.1 Å². The molecule has 128 valence electrons. The van der Waals surface area contributed by atoms with E-state index < -0.39 is 0 Å². The SMILES string of the molecule is C[C@H](NCc1csc(N(C)C)n1)c1ccc(N2CCCC2=O)cc1. The maximum absolute atomic E-state index is 11.8. The van der Waals surface area contributed by atoms with E-state index in [1.165, 1.54) is 5.56 Å². The third-order valence-corrected chi connectivity index (χ3v) is 5.35. The molecule has 1 aromatic heterocycles. The number of anilines is 2. The Bertz CT molecular complexity index is 695. The number of thiazole rings is 1. The second-order valence-electron chi connectivity index (χ2n) is 6.36. The summed E-state index contributed by atoms with van der Waals surface area (Å²) in [5, 5.41) is 6.63. The molecule has 1 atom stereocenters. The lowest BCUT2D eigenvalue weighted by Crippen LogP contribution is -2.23. The van der Waals surface area contributed by atoms with Gasteiger partial charge < -0.3 is 15.1 Å². The van der Waals surface area contributed by atoms with Crippen LogP contribution in [0.4, 0.5) is 10.8 Å². The molecule has 1 fully saturated rings. The molecule has 2 heterocycles. The molecule has 0 bridgehead atoms. The summed E-state index contributed by atoms with van der Waals surface area (Å²) in [6.07, 6.45) is 1.63. The number of amides is 1. The number of carbonyl (C=O) groups excluding carboxylic acids is 1. The van der Waals surface area contributed by atoms with Gasteiger partial charge in [0.2, 0.25) is 5.91 Å². The number of nitrogens with one attached hydrogen (secondary N) is 1. The van der Waals surface area contributed by atoms with Crippen LogP contribution in [-0.2, 0) is 11.3 Å². The van der Waals surface area contributed by atoms with Crippen LogP contribution in [0.1, 0.15) is 37.1 Å². The molecular formula is C18H24N4OS. The summed E-state index contributed by atoms with van der Waals surface area (Å²) in [5.74, 6) is 0.231. The van der Waals surface area contributed by atoms with Gasteiger partial charge in [-0.15, -0.1) is 11.3 Å². The molecule has 1 aliphatic rings. The first-order chi connectivity index (χ1) is 11.5. The van der Waals surface area contributed by atoms with Gasteiger partial charge in [-0.25, -0.2) is 4.98 Å². The lowest BCUT2D eigenvalue weighted by atomic mass is 10.1. The summed E-state index contributed by atoms with van der Waals surface area (Å²) in [7, 11) is 4.01. The Morgan fingerprint density at radius 1 is 1.33 bits per heavy atom. The molecule has 0 aliphatic carbocycles. The molecule has 0 saturated carbocycles. The lowest BCUT2D eigenvalue weighted by Gasteiger charge is -2.18. The minimum atomic E-state index is 0.231. The number of aromatic nitrogens is 1. The molecule has 24 heavy (non-hydrogen) atoms. The first-order valence-corrected chi connectivity index (χ1v) is 9.18. The van der Waals surface area contributed by atoms with E-state index in [0.29, 0.717) is 6.42 Å². The third-order valence-electron chi connectivity index (χ3n) is 4.29. The molecule has 6 heteroatoms. The first-order valence-electron chi connectivity index (χ1n) is 8.30. The Morgan fingerprint density at radius 2 is 2.08 bits per heavy atom. The van der Waals surface area contributed by atoms with Crippen LogP contribution in [0.25, 0.3) is 0 Å². The van der Waals surface area contributed by atoms with Crippen LogP contribution in [0.2, 0.25) is 0 Å². The lowest BCUT2D eigenvalue weighted by molar-refractivity contribution is -0.117. The van der Waals surface area contributed by atoms with Crippen LogP contribution in [0.3, 0.4) is 0 Å². The average molecular weight is 344 g/mol. The highest BCUT2D eigenvalue weighted by Gasteiger charge is 2.21. The van der Waals surface area contributed by atoms with E-state index in [1.54, 1.807) is 11.3 Å². The van der Waals surface area contributed by atoms with E-state index in [4.69, 9.17) is 0 Å². The van der Waals surface area contributed by atoms with Gasteiger partial charge in [0.25, 0.3) is 0 Å². The Kier molecular flexibility index (Phi) is 5.16. The zero-order valence-corrected chi connectivity index (χ0v) is 15.3. The van der Waals surface area contributed by atoms with Gasteiger partial charge in [-0.05, 0) is 31.0 Å². The summed E-state index contributed by atoms with van der Waals surface area (Å²) < 4.78 is 0. The number of carbonyl (C=O) groups is 1. The van der Waals surface area contributed by atoms with E-state index >= 15 is 0 Å². The maximum Gasteiger partial charge on any atom is 0.227 e. The van der Waals surface area contributed by atoms with Crippen molar-refractivity contribution in [3.8, 4) is 0 Å². The van der Waals surface area contributed by atoms with Gasteiger partial charge in [0, 0.05) is 50.7 Å². The van der Waals surface area contributed by atoms with Gasteiger partial charge in [-0.1, -0.05) is 12.1 Å². The van der Waals surface area contributed by atoms with Crippen LogP contribution in [-0.4, -0.2) is 31.5 Å². The molecule has 1 aliphatic heterocycles. The van der Waals surface area contributed by atoms with Gasteiger partial charge in [0.05, 0.1) is 5.69 Å². The van der Waals surface area contributed by atoms with Crippen LogP contribution in [0.5, 0.6) is 0 Å². The fraction of sp³-hybridized carbons (Fsp3) is 0.444. The largest absolute Gasteiger partial charge is 0.354 e. The number of hydrogen-bond donors (Lipinski definition) is 1. The van der Waals surface area contributed by atoms with Crippen molar-refractivity contribution in [2.45, 2.75) is 32.4 Å². The van der Waals surface area contributed by atoms with Gasteiger partial charge in [0.1, 0.15) is 0 Å². The Hall–Kier alpha value is -1.92. The molecular weight excluding hydrogens is 320 g/mol. The fourth-order valence-electron chi connectivity index (χ4n) is 2.82. The summed E-state index contributed by atoms with van der Waals surface area (Å²) >= 11 is 1.66. The summed E-state index contributed by atoms with van der Waals surface area (Å²) in [6, 6.07) is 8.53. The highest BCUT2D eigenvalue weighted by Crippen LogP contribution is 2.24. The Morgan fingerprint density at radius 3 is 2.67 bits per heavy atom. The zero-order valence-electron chi connectivity index (χ0n) is 14.5. The quantitative estimate of drug-likeness (QED) is 0.874. The number of rotatable bonds is 6. The zero-order chi connectivity index (χ0) is 17.1. The maximum atomic E-state index is 11.8. The van der Waals surface area contributed by atoms with Gasteiger partial charge >= 0.3 is 0 Å². The van der Waals surface area contributed by atoms with Crippen molar-refractivity contribution in [3.05, 3.63) is 40.9 Å². The number of nitrogens with zero attached hydrogens (tertiary/aromatic N) is 3. The molecule has 5 nitrogen and oxygen atoms in total. The van der Waals surface area contributed by atoms with Crippen molar-refractivity contribution in [2.24, 2.45) is 0 Å². The van der Waals surface area contributed by atoms with Crippen LogP contribution in [0, 0.1) is 0 Å². The summed E-state index contributed by atoms with van der Waals surface area (Å²) in [6.45, 7) is 3.73. The highest BCUT2D eigenvalue weighted by atomic mass is 32.1. The second-order valence-corrected chi connectivity index (χ2v) is 7.20. The van der Waals surface area contributed by atoms with E-state index in [9.17, 15) is 4.79 Å². The van der Waals surface area contributed by atoms with E-state index in [0.717, 1.165) is 36.0 Å². The van der Waals surface area contributed by atoms with E-state index in [1.807, 2.05) is 36.0 Å². The van der Waals surface area contributed by atoms with Crippen LogP contribution >= 0.6 is 11.3 Å². The van der Waals surface area contributed by atoms with Crippen LogP contribution < -0.4 is 15.1 Å². The Balaban J connectivity index is 1.58. The molecule has 0 radical (unpaired) electrons. The molecule has 3 rings (SSSR count). The molecule has 1 saturated heterocycles. The van der Waals surface area contributed by atoms with Gasteiger partial charge in [-0.2, -0.15) is 0 Å². The molecule has 1 aromatic carbocycles. The van der Waals surface area contributed by atoms with Crippen molar-refractivity contribution < 1.29 is 4.79 Å². The summed E-state index contributed by atoms with van der Waals surface area (Å²) in [4.78, 5) is 20.3. The predicted octanol–water partition coefficient (Wildman–Crippen LogP) is 3.19. The van der Waals surface area contributed by atoms with Gasteiger partial charge in [-0.3, -0.25) is 4.79 Å². The molecule has 2 aromatic rings. The molecule has 1 amide bonds. The molecule has 0 spiro atoms. The predicted molar refractivity (Wildman–Crippen MR) is 99.7 cm³/mol. The standard InChI is InChI=1S/C18H24N4OS/c1-13(19-11-15-12-24-18(20-15)21(2)3)14-6-8-16(9-7-14)22-10-4-5-17(22)23/h6-9,12-13,19H,4-5,10-11H2,1-3H3/t13-/m0/s1. The van der Waals surface area contributed by atoms with Crippen molar-refractivity contribution in [3.63, 3.8) is 0 Å². The fourth-order valence-corrected chi connectivity index (χ4v) is 3.58. The topological polar surface area (TPSA) is 48.5 Å². The number of benzene rings is 1. The van der Waals surface area contributed by atoms with Crippen molar-refractivity contribution in [1.82, 2.24) is 10.3 Å². The minimum absolute atomic E-state index is 0.231. The second kappa shape index (κ2) is 7.32. The minimum Gasteiger partial charge on any atom is -0.354 e.